The monoisotopic (exact) mass is 239 g/mol. The second-order valence-electron chi connectivity index (χ2n) is 1.03. The van der Waals surface area contributed by atoms with Crippen molar-refractivity contribution in [2.75, 3.05) is 0 Å². The van der Waals surface area contributed by atoms with Crippen molar-refractivity contribution in [3.8, 4) is 0 Å². The maximum atomic E-state index is 9.00. The minimum atomic E-state index is -4.64. The van der Waals surface area contributed by atoms with E-state index >= 15 is 0 Å². The Balaban J connectivity index is -0.0000000383. The molecular formula is C2H10NO6PZn. The van der Waals surface area contributed by atoms with Crippen molar-refractivity contribution in [3.63, 3.8) is 0 Å². The standard InChI is InChI=1S/C2H4O2.H3N.H3O4P.Zn/c1-2(3)4;;1-5(2,3)4;/h1H3,(H,3,4);1H3;(H3,1,2,3,4);. The molecule has 0 spiro atoms. The summed E-state index contributed by atoms with van der Waals surface area (Å²) in [4.78, 5) is 30.6. The molecule has 0 rings (SSSR count). The molecule has 0 bridgehead atoms. The number of aliphatic carboxylic acids is 1. The first-order chi connectivity index (χ1) is 3.73. The Morgan fingerprint density at radius 2 is 1.27 bits per heavy atom. The Hall–Kier alpha value is 0.163. The van der Waals surface area contributed by atoms with E-state index in [1.165, 1.54) is 0 Å². The Bertz CT molecular complexity index is 120. The summed E-state index contributed by atoms with van der Waals surface area (Å²) in [6, 6.07) is 0. The van der Waals surface area contributed by atoms with Crippen LogP contribution in [0.3, 0.4) is 0 Å². The molecule has 9 heteroatoms. The van der Waals surface area contributed by atoms with Gasteiger partial charge in [0.15, 0.2) is 0 Å². The molecule has 0 saturated carbocycles. The third-order valence-corrected chi connectivity index (χ3v) is 0. The van der Waals surface area contributed by atoms with Gasteiger partial charge in [-0.3, -0.25) is 4.79 Å². The van der Waals surface area contributed by atoms with E-state index in [2.05, 4.69) is 0 Å². The van der Waals surface area contributed by atoms with E-state index in [0.29, 0.717) is 0 Å². The summed E-state index contributed by atoms with van der Waals surface area (Å²) >= 11 is 0. The van der Waals surface area contributed by atoms with Crippen LogP contribution in [0.4, 0.5) is 0 Å². The van der Waals surface area contributed by atoms with E-state index in [-0.39, 0.29) is 25.6 Å². The fourth-order valence-corrected chi connectivity index (χ4v) is 0. The number of carboxylic acid groups (broad SMARTS) is 1. The SMILES string of the molecule is CC(=O)O.N.O=P(O)(O)O.[Zn]. The van der Waals surface area contributed by atoms with Gasteiger partial charge in [-0.25, -0.2) is 4.57 Å². The van der Waals surface area contributed by atoms with E-state index in [1.54, 1.807) is 0 Å². The largest absolute Gasteiger partial charge is 0.481 e. The Kier molecular flexibility index (Phi) is 20.8. The third kappa shape index (κ3) is 25400. The second kappa shape index (κ2) is 10.2. The maximum absolute atomic E-state index is 9.00. The van der Waals surface area contributed by atoms with Crippen LogP contribution >= 0.6 is 7.82 Å². The Labute approximate surface area is 76.0 Å². The zero-order chi connectivity index (χ0) is 8.08. The Morgan fingerprint density at radius 3 is 1.27 bits per heavy atom. The molecule has 0 aliphatic carbocycles. The summed E-state index contributed by atoms with van der Waals surface area (Å²) in [5, 5.41) is 7.42. The molecule has 11 heavy (non-hydrogen) atoms. The molecular weight excluding hydrogens is 230 g/mol. The maximum Gasteiger partial charge on any atom is 0.466 e. The average molecular weight is 240 g/mol. The van der Waals surface area contributed by atoms with E-state index in [9.17, 15) is 0 Å². The second-order valence-corrected chi connectivity index (χ2v) is 2.06. The number of hydrogen-bond acceptors (Lipinski definition) is 3. The molecule has 0 aromatic rings. The van der Waals surface area contributed by atoms with Crippen LogP contribution in [0.25, 0.3) is 0 Å². The van der Waals surface area contributed by atoms with E-state index in [4.69, 9.17) is 29.1 Å². The summed E-state index contributed by atoms with van der Waals surface area (Å²) in [6.45, 7) is 1.08. The van der Waals surface area contributed by atoms with Crippen molar-refractivity contribution < 1.29 is 48.6 Å². The van der Waals surface area contributed by atoms with Crippen LogP contribution < -0.4 is 6.15 Å². The number of carboxylic acids is 1. The first-order valence-corrected chi connectivity index (χ1v) is 3.28. The van der Waals surface area contributed by atoms with Gasteiger partial charge in [-0.15, -0.1) is 0 Å². The number of phosphoric acid groups is 1. The number of carbonyl (C=O) groups is 1. The summed E-state index contributed by atoms with van der Waals surface area (Å²) in [6.07, 6.45) is 0. The minimum absolute atomic E-state index is 0. The molecule has 0 aromatic heterocycles. The van der Waals surface area contributed by atoms with Crippen molar-refractivity contribution in [2.24, 2.45) is 0 Å². The van der Waals surface area contributed by atoms with Crippen LogP contribution in [0.2, 0.25) is 0 Å². The molecule has 7 N–H and O–H groups in total. The normalized spacial score (nSPS) is 7.64. The van der Waals surface area contributed by atoms with Gasteiger partial charge < -0.3 is 25.9 Å². The molecule has 0 unspecified atom stereocenters. The molecule has 0 heterocycles. The molecule has 0 fully saturated rings. The van der Waals surface area contributed by atoms with Crippen molar-refractivity contribution in [1.29, 1.82) is 0 Å². The summed E-state index contributed by atoms with van der Waals surface area (Å²) < 4.78 is 8.88. The zero-order valence-corrected chi connectivity index (χ0v) is 9.83. The molecule has 0 aliphatic rings. The van der Waals surface area contributed by atoms with Gasteiger partial charge in [0.25, 0.3) is 5.97 Å². The first-order valence-electron chi connectivity index (χ1n) is 1.71. The number of hydrogen-bond donors (Lipinski definition) is 5. The van der Waals surface area contributed by atoms with E-state index in [0.717, 1.165) is 6.92 Å². The van der Waals surface area contributed by atoms with Gasteiger partial charge in [-0.1, -0.05) is 0 Å². The van der Waals surface area contributed by atoms with Crippen LogP contribution in [0.15, 0.2) is 0 Å². The van der Waals surface area contributed by atoms with Gasteiger partial charge in [0.1, 0.15) is 0 Å². The smallest absolute Gasteiger partial charge is 0.466 e. The van der Waals surface area contributed by atoms with Crippen molar-refractivity contribution in [3.05, 3.63) is 0 Å². The predicted molar refractivity (Wildman–Crippen MR) is 32.6 cm³/mol. The minimum Gasteiger partial charge on any atom is -0.481 e. The van der Waals surface area contributed by atoms with Crippen LogP contribution in [-0.2, 0) is 28.8 Å². The van der Waals surface area contributed by atoms with Gasteiger partial charge in [0.2, 0.25) is 0 Å². The summed E-state index contributed by atoms with van der Waals surface area (Å²) in [5.74, 6) is -0.833. The van der Waals surface area contributed by atoms with Gasteiger partial charge in [-0.05, 0) is 0 Å². The van der Waals surface area contributed by atoms with Crippen LogP contribution in [0, 0.1) is 0 Å². The molecule has 66 valence electrons. The summed E-state index contributed by atoms with van der Waals surface area (Å²) in [7, 11) is -4.64. The van der Waals surface area contributed by atoms with Crippen LogP contribution in [0.5, 0.6) is 0 Å². The fourth-order valence-electron chi connectivity index (χ4n) is 0. The van der Waals surface area contributed by atoms with Gasteiger partial charge >= 0.3 is 7.82 Å². The van der Waals surface area contributed by atoms with Gasteiger partial charge in [0, 0.05) is 26.4 Å². The quantitative estimate of drug-likeness (QED) is 0.278. The molecule has 0 aromatic carbocycles. The van der Waals surface area contributed by atoms with Crippen molar-refractivity contribution in [1.82, 2.24) is 6.15 Å². The summed E-state index contributed by atoms with van der Waals surface area (Å²) in [5.41, 5.74) is 0. The van der Waals surface area contributed by atoms with E-state index in [1.807, 2.05) is 0 Å². The van der Waals surface area contributed by atoms with Crippen LogP contribution in [0.1, 0.15) is 6.92 Å². The molecule has 7 nitrogen and oxygen atoms in total. The van der Waals surface area contributed by atoms with Crippen molar-refractivity contribution >= 4 is 13.8 Å². The zero-order valence-electron chi connectivity index (χ0n) is 5.97. The average Bonchev–Trinajstić information content (AvgIpc) is 1.19. The first kappa shape index (κ1) is 22.5. The fraction of sp³-hybridized carbons (Fsp3) is 0.500. The molecule has 0 atom stereocenters. The number of rotatable bonds is 0. The van der Waals surface area contributed by atoms with Crippen LogP contribution in [-0.4, -0.2) is 25.8 Å². The third-order valence-electron chi connectivity index (χ3n) is 0. The molecule has 0 amide bonds. The molecule has 0 saturated heterocycles. The van der Waals surface area contributed by atoms with Gasteiger partial charge in [-0.2, -0.15) is 0 Å². The van der Waals surface area contributed by atoms with E-state index < -0.39 is 13.8 Å². The van der Waals surface area contributed by atoms with Gasteiger partial charge in [0.05, 0.1) is 0 Å². The van der Waals surface area contributed by atoms with Crippen molar-refractivity contribution in [2.45, 2.75) is 6.92 Å². The molecule has 0 radical (unpaired) electrons. The Morgan fingerprint density at radius 1 is 1.27 bits per heavy atom. The predicted octanol–water partition coefficient (Wildman–Crippen LogP) is -0.678. The molecule has 0 aliphatic heterocycles. The topological polar surface area (TPSA) is 150 Å².